The van der Waals surface area contributed by atoms with Crippen LogP contribution in [0.3, 0.4) is 0 Å². The van der Waals surface area contributed by atoms with Crippen molar-refractivity contribution in [3.05, 3.63) is 35.4 Å². The van der Waals surface area contributed by atoms with Crippen LogP contribution in [0.5, 0.6) is 5.75 Å². The van der Waals surface area contributed by atoms with E-state index in [0.717, 1.165) is 0 Å². The van der Waals surface area contributed by atoms with Crippen molar-refractivity contribution >= 4 is 18.0 Å². The lowest BCUT2D eigenvalue weighted by molar-refractivity contribution is -0.143. The van der Waals surface area contributed by atoms with Gasteiger partial charge in [0.2, 0.25) is 0 Å². The number of primary amides is 1. The van der Waals surface area contributed by atoms with Crippen LogP contribution in [-0.4, -0.2) is 25.6 Å². The molecule has 0 heterocycles. The highest BCUT2D eigenvalue weighted by molar-refractivity contribution is 5.98. The number of ether oxygens (including phenoxy) is 2. The lowest BCUT2D eigenvalue weighted by atomic mass is 10.1. The summed E-state index contributed by atoms with van der Waals surface area (Å²) in [6, 6.07) is 8.44. The molecule has 0 saturated carbocycles. The first-order valence-electron chi connectivity index (χ1n) is 5.28. The van der Waals surface area contributed by atoms with Gasteiger partial charge < -0.3 is 15.2 Å². The lowest BCUT2D eigenvalue weighted by Crippen LogP contribution is -2.21. The van der Waals surface area contributed by atoms with E-state index in [1.165, 1.54) is 13.2 Å². The molecule has 6 heteroatoms. The quantitative estimate of drug-likeness (QED) is 0.475. The van der Waals surface area contributed by atoms with Crippen LogP contribution in [0.15, 0.2) is 29.8 Å². The van der Waals surface area contributed by atoms with Gasteiger partial charge in [-0.1, -0.05) is 12.1 Å². The van der Waals surface area contributed by atoms with E-state index in [1.54, 1.807) is 30.3 Å². The molecule has 0 bridgehead atoms. The van der Waals surface area contributed by atoms with Crippen LogP contribution in [0.1, 0.15) is 5.56 Å². The summed E-state index contributed by atoms with van der Waals surface area (Å²) in [7, 11) is 1.53. The Labute approximate surface area is 110 Å². The second kappa shape index (κ2) is 6.81. The minimum Gasteiger partial charge on any atom is -0.497 e. The van der Waals surface area contributed by atoms with Crippen molar-refractivity contribution in [3.8, 4) is 11.8 Å². The van der Waals surface area contributed by atoms with Gasteiger partial charge in [-0.15, -0.1) is 0 Å². The average molecular weight is 260 g/mol. The zero-order chi connectivity index (χ0) is 14.3. The number of hydrogen-bond donors (Lipinski definition) is 1. The molecule has 19 heavy (non-hydrogen) atoms. The number of methoxy groups -OCH3 is 1. The number of nitriles is 1. The molecule has 0 spiro atoms. The molecule has 0 fully saturated rings. The van der Waals surface area contributed by atoms with E-state index in [0.29, 0.717) is 11.3 Å². The van der Waals surface area contributed by atoms with Crippen LogP contribution >= 0.6 is 0 Å². The van der Waals surface area contributed by atoms with Gasteiger partial charge in [0.1, 0.15) is 17.4 Å². The number of nitrogens with zero attached hydrogens (tertiary/aromatic N) is 1. The number of hydrogen-bond acceptors (Lipinski definition) is 5. The Kier molecular flexibility index (Phi) is 5.11. The van der Waals surface area contributed by atoms with Gasteiger partial charge in [-0.05, 0) is 23.8 Å². The van der Waals surface area contributed by atoms with Crippen molar-refractivity contribution in [2.24, 2.45) is 5.73 Å². The van der Waals surface area contributed by atoms with Crippen molar-refractivity contribution in [3.63, 3.8) is 0 Å². The first-order chi connectivity index (χ1) is 9.06. The molecule has 0 aliphatic rings. The van der Waals surface area contributed by atoms with E-state index in [1.807, 2.05) is 0 Å². The molecule has 1 amide bonds. The fourth-order valence-corrected chi connectivity index (χ4v) is 1.22. The molecule has 0 saturated heterocycles. The zero-order valence-electron chi connectivity index (χ0n) is 10.3. The number of nitrogens with two attached hydrogens (primary N) is 1. The number of rotatable bonds is 5. The van der Waals surface area contributed by atoms with Crippen LogP contribution in [0.2, 0.25) is 0 Å². The molecule has 0 unspecified atom stereocenters. The van der Waals surface area contributed by atoms with E-state index in [-0.39, 0.29) is 5.57 Å². The molecule has 0 radical (unpaired) electrons. The fourth-order valence-electron chi connectivity index (χ4n) is 1.22. The Morgan fingerprint density at radius 2 is 2.00 bits per heavy atom. The summed E-state index contributed by atoms with van der Waals surface area (Å²) < 4.78 is 9.53. The first-order valence-corrected chi connectivity index (χ1v) is 5.28. The Balaban J connectivity index is 2.83. The van der Waals surface area contributed by atoms with Crippen LogP contribution in [-0.2, 0) is 14.3 Å². The largest absolute Gasteiger partial charge is 0.497 e. The predicted molar refractivity (Wildman–Crippen MR) is 66.7 cm³/mol. The van der Waals surface area contributed by atoms with Crippen LogP contribution < -0.4 is 10.5 Å². The third-order valence-corrected chi connectivity index (χ3v) is 2.11. The van der Waals surface area contributed by atoms with Crippen LogP contribution in [0, 0.1) is 11.3 Å². The zero-order valence-corrected chi connectivity index (χ0v) is 10.3. The van der Waals surface area contributed by atoms with E-state index in [2.05, 4.69) is 4.74 Å². The first kappa shape index (κ1) is 14.3. The molecule has 0 aromatic heterocycles. The molecule has 1 aromatic rings. The van der Waals surface area contributed by atoms with Crippen molar-refractivity contribution in [1.82, 2.24) is 0 Å². The molecule has 6 nitrogen and oxygen atoms in total. The maximum atomic E-state index is 11.5. The van der Waals surface area contributed by atoms with Gasteiger partial charge in [0.25, 0.3) is 5.91 Å². The van der Waals surface area contributed by atoms with Crippen molar-refractivity contribution < 1.29 is 19.1 Å². The number of esters is 1. The second-order valence-corrected chi connectivity index (χ2v) is 3.49. The van der Waals surface area contributed by atoms with E-state index >= 15 is 0 Å². The number of carbonyl (C=O) groups is 2. The van der Waals surface area contributed by atoms with Crippen LogP contribution in [0.25, 0.3) is 6.08 Å². The van der Waals surface area contributed by atoms with Gasteiger partial charge in [0.05, 0.1) is 7.11 Å². The van der Waals surface area contributed by atoms with Crippen molar-refractivity contribution in [1.29, 1.82) is 5.26 Å². The molecule has 1 rings (SSSR count). The smallest absolute Gasteiger partial charge is 0.349 e. The molecule has 0 aliphatic carbocycles. The fraction of sp³-hybridized carbons (Fsp3) is 0.154. The summed E-state index contributed by atoms with van der Waals surface area (Å²) in [6.45, 7) is -0.555. The van der Waals surface area contributed by atoms with Crippen molar-refractivity contribution in [2.75, 3.05) is 13.7 Å². The monoisotopic (exact) mass is 260 g/mol. The highest BCUT2D eigenvalue weighted by Gasteiger charge is 2.11. The van der Waals surface area contributed by atoms with E-state index in [9.17, 15) is 9.59 Å². The summed E-state index contributed by atoms with van der Waals surface area (Å²) in [6.07, 6.45) is 1.35. The summed E-state index contributed by atoms with van der Waals surface area (Å²) >= 11 is 0. The normalized spacial score (nSPS) is 10.4. The van der Waals surface area contributed by atoms with Gasteiger partial charge in [-0.2, -0.15) is 5.26 Å². The molecule has 0 aliphatic heterocycles. The average Bonchev–Trinajstić information content (AvgIpc) is 2.42. The van der Waals surface area contributed by atoms with Crippen LogP contribution in [0.4, 0.5) is 0 Å². The van der Waals surface area contributed by atoms with Gasteiger partial charge in [-0.3, -0.25) is 4.79 Å². The Bertz CT molecular complexity index is 541. The van der Waals surface area contributed by atoms with Gasteiger partial charge in [0.15, 0.2) is 6.61 Å². The van der Waals surface area contributed by atoms with Gasteiger partial charge in [0, 0.05) is 0 Å². The maximum Gasteiger partial charge on any atom is 0.349 e. The van der Waals surface area contributed by atoms with Crippen molar-refractivity contribution in [2.45, 2.75) is 0 Å². The predicted octanol–water partition coefficient (Wildman–Crippen LogP) is 0.631. The number of amides is 1. The third-order valence-electron chi connectivity index (χ3n) is 2.11. The minimum absolute atomic E-state index is 0.216. The summed E-state index contributed by atoms with van der Waals surface area (Å²) in [5.74, 6) is -1.01. The molecular weight excluding hydrogens is 248 g/mol. The molecule has 2 N–H and O–H groups in total. The molecule has 0 atom stereocenters. The second-order valence-electron chi connectivity index (χ2n) is 3.49. The Hall–Kier alpha value is -2.81. The topological polar surface area (TPSA) is 102 Å². The number of benzene rings is 1. The SMILES string of the molecule is COc1ccc(/C=C(\C#N)C(=O)OCC(N)=O)cc1. The molecule has 98 valence electrons. The Morgan fingerprint density at radius 3 is 2.47 bits per heavy atom. The summed E-state index contributed by atoms with van der Waals surface area (Å²) in [5.41, 5.74) is 5.25. The molecular formula is C13H12N2O4. The minimum atomic E-state index is -0.892. The standard InChI is InChI=1S/C13H12N2O4/c1-18-11-4-2-9(3-5-11)6-10(7-14)13(17)19-8-12(15)16/h2-6H,8H2,1H3,(H2,15,16)/b10-6+. The van der Waals surface area contributed by atoms with E-state index in [4.69, 9.17) is 15.7 Å². The van der Waals surface area contributed by atoms with Gasteiger partial charge in [-0.25, -0.2) is 4.79 Å². The third kappa shape index (κ3) is 4.52. The summed E-state index contributed by atoms with van der Waals surface area (Å²) in [5, 5.41) is 8.86. The van der Waals surface area contributed by atoms with E-state index < -0.39 is 18.5 Å². The highest BCUT2D eigenvalue weighted by atomic mass is 16.5. The molecule has 1 aromatic carbocycles. The summed E-state index contributed by atoms with van der Waals surface area (Å²) in [4.78, 5) is 21.9. The Morgan fingerprint density at radius 1 is 1.37 bits per heavy atom. The number of carbonyl (C=O) groups excluding carboxylic acids is 2. The van der Waals surface area contributed by atoms with Gasteiger partial charge >= 0.3 is 5.97 Å². The highest BCUT2D eigenvalue weighted by Crippen LogP contribution is 2.14. The maximum absolute atomic E-state index is 11.5. The lowest BCUT2D eigenvalue weighted by Gasteiger charge is -2.02.